The number of hydrogen-bond acceptors (Lipinski definition) is 4. The van der Waals surface area contributed by atoms with Gasteiger partial charge in [-0.1, -0.05) is 12.1 Å². The van der Waals surface area contributed by atoms with Gasteiger partial charge in [0.15, 0.2) is 0 Å². The minimum atomic E-state index is -0.505. The highest BCUT2D eigenvalue weighted by Crippen LogP contribution is 2.38. The zero-order valence-corrected chi connectivity index (χ0v) is 11.9. The Morgan fingerprint density at radius 3 is 3.00 bits per heavy atom. The standard InChI is InChI=1S/C15H18N2O4/c1-9-4-2-6-12(17(19)20)14(9)15(18)16-11-8-13-10(11)5-3-7-21-13/h2,4,6,10-11,13H,3,5,7-8H2,1H3,(H,16,18)/t10-,11+,13-/m0/s1. The van der Waals surface area contributed by atoms with E-state index >= 15 is 0 Å². The van der Waals surface area contributed by atoms with Crippen LogP contribution in [0.15, 0.2) is 18.2 Å². The fourth-order valence-electron chi connectivity index (χ4n) is 3.30. The van der Waals surface area contributed by atoms with Gasteiger partial charge in [0.2, 0.25) is 0 Å². The first kappa shape index (κ1) is 14.0. The molecule has 0 bridgehead atoms. The molecular weight excluding hydrogens is 272 g/mol. The quantitative estimate of drug-likeness (QED) is 0.683. The minimum Gasteiger partial charge on any atom is -0.378 e. The van der Waals surface area contributed by atoms with Gasteiger partial charge in [-0.05, 0) is 31.7 Å². The molecule has 1 aliphatic carbocycles. The lowest BCUT2D eigenvalue weighted by Gasteiger charge is -2.47. The molecule has 0 radical (unpaired) electrons. The molecule has 1 aromatic rings. The fraction of sp³-hybridized carbons (Fsp3) is 0.533. The Hall–Kier alpha value is -1.95. The summed E-state index contributed by atoms with van der Waals surface area (Å²) in [5.41, 5.74) is 0.656. The Morgan fingerprint density at radius 2 is 2.29 bits per heavy atom. The lowest BCUT2D eigenvalue weighted by molar-refractivity contribution is -0.385. The minimum absolute atomic E-state index is 0.0713. The number of nitrogens with zero attached hydrogens (tertiary/aromatic N) is 1. The van der Waals surface area contributed by atoms with E-state index < -0.39 is 4.92 Å². The predicted molar refractivity (Wildman–Crippen MR) is 76.2 cm³/mol. The van der Waals surface area contributed by atoms with E-state index in [2.05, 4.69) is 5.32 Å². The number of ether oxygens (including phenoxy) is 1. The van der Waals surface area contributed by atoms with E-state index in [1.165, 1.54) is 6.07 Å². The summed E-state index contributed by atoms with van der Waals surface area (Å²) in [5.74, 6) is -0.000372. The summed E-state index contributed by atoms with van der Waals surface area (Å²) < 4.78 is 5.62. The van der Waals surface area contributed by atoms with E-state index in [-0.39, 0.29) is 29.3 Å². The molecule has 1 heterocycles. The number of carbonyl (C=O) groups excluding carboxylic acids is 1. The molecule has 1 N–H and O–H groups in total. The van der Waals surface area contributed by atoms with E-state index in [0.717, 1.165) is 25.9 Å². The molecule has 0 spiro atoms. The topological polar surface area (TPSA) is 81.5 Å². The molecule has 21 heavy (non-hydrogen) atoms. The molecule has 1 amide bonds. The fourth-order valence-corrected chi connectivity index (χ4v) is 3.30. The molecule has 2 fully saturated rings. The van der Waals surface area contributed by atoms with Crippen molar-refractivity contribution in [2.45, 2.75) is 38.3 Å². The summed E-state index contributed by atoms with van der Waals surface area (Å²) >= 11 is 0. The second-order valence-electron chi connectivity index (χ2n) is 5.76. The van der Waals surface area contributed by atoms with Gasteiger partial charge in [-0.3, -0.25) is 14.9 Å². The zero-order valence-electron chi connectivity index (χ0n) is 11.9. The van der Waals surface area contributed by atoms with Crippen molar-refractivity contribution in [2.75, 3.05) is 6.61 Å². The van der Waals surface area contributed by atoms with Gasteiger partial charge in [-0.2, -0.15) is 0 Å². The molecule has 0 aromatic heterocycles. The summed E-state index contributed by atoms with van der Waals surface area (Å²) in [6, 6.07) is 4.75. The lowest BCUT2D eigenvalue weighted by Crippen LogP contribution is -2.57. The number of fused-ring (bicyclic) bond motifs is 1. The highest BCUT2D eigenvalue weighted by atomic mass is 16.6. The average Bonchev–Trinajstić information content (AvgIpc) is 2.44. The third-order valence-electron chi connectivity index (χ3n) is 4.49. The van der Waals surface area contributed by atoms with Gasteiger partial charge in [-0.15, -0.1) is 0 Å². The summed E-state index contributed by atoms with van der Waals surface area (Å²) in [7, 11) is 0. The van der Waals surface area contributed by atoms with Crippen LogP contribution in [0.2, 0.25) is 0 Å². The summed E-state index contributed by atoms with van der Waals surface area (Å²) in [6.45, 7) is 2.51. The molecule has 6 nitrogen and oxygen atoms in total. The summed E-state index contributed by atoms with van der Waals surface area (Å²) in [6.07, 6.45) is 3.11. The first-order chi connectivity index (χ1) is 10.1. The maximum Gasteiger partial charge on any atom is 0.282 e. The van der Waals surface area contributed by atoms with Crippen molar-refractivity contribution in [3.8, 4) is 0 Å². The Labute approximate surface area is 122 Å². The molecule has 3 rings (SSSR count). The molecule has 2 aliphatic rings. The Balaban J connectivity index is 1.76. The normalized spacial score (nSPS) is 27.4. The van der Waals surface area contributed by atoms with Gasteiger partial charge in [-0.25, -0.2) is 0 Å². The largest absolute Gasteiger partial charge is 0.378 e. The van der Waals surface area contributed by atoms with Gasteiger partial charge in [0.25, 0.3) is 11.6 Å². The molecule has 112 valence electrons. The van der Waals surface area contributed by atoms with Gasteiger partial charge in [0.1, 0.15) is 5.56 Å². The Morgan fingerprint density at radius 1 is 1.48 bits per heavy atom. The highest BCUT2D eigenvalue weighted by molar-refractivity contribution is 5.99. The lowest BCUT2D eigenvalue weighted by atomic mass is 9.72. The Kier molecular flexibility index (Phi) is 3.63. The van der Waals surface area contributed by atoms with Crippen molar-refractivity contribution >= 4 is 11.6 Å². The number of nitro benzene ring substituents is 1. The number of nitrogens with one attached hydrogen (secondary N) is 1. The van der Waals surface area contributed by atoms with E-state index in [0.29, 0.717) is 11.5 Å². The second kappa shape index (κ2) is 5.44. The van der Waals surface area contributed by atoms with Crippen molar-refractivity contribution in [2.24, 2.45) is 5.92 Å². The summed E-state index contributed by atoms with van der Waals surface area (Å²) in [5, 5.41) is 14.0. The number of nitro groups is 1. The maximum atomic E-state index is 12.4. The molecule has 1 aromatic carbocycles. The molecule has 0 unspecified atom stereocenters. The SMILES string of the molecule is Cc1cccc([N+](=O)[O-])c1C(=O)N[C@@H]1C[C@@H]2OCCC[C@H]21. The van der Waals surface area contributed by atoms with Crippen LogP contribution in [-0.4, -0.2) is 29.6 Å². The van der Waals surface area contributed by atoms with Crippen LogP contribution in [0.25, 0.3) is 0 Å². The van der Waals surface area contributed by atoms with Crippen LogP contribution in [0.4, 0.5) is 5.69 Å². The number of amides is 1. The second-order valence-corrected chi connectivity index (χ2v) is 5.76. The zero-order chi connectivity index (χ0) is 15.0. The van der Waals surface area contributed by atoms with E-state index in [9.17, 15) is 14.9 Å². The van der Waals surface area contributed by atoms with E-state index in [1.54, 1.807) is 19.1 Å². The summed E-state index contributed by atoms with van der Waals surface area (Å²) in [4.78, 5) is 23.0. The molecule has 6 heteroatoms. The highest BCUT2D eigenvalue weighted by Gasteiger charge is 2.44. The van der Waals surface area contributed by atoms with Crippen molar-refractivity contribution in [1.29, 1.82) is 0 Å². The van der Waals surface area contributed by atoms with Gasteiger partial charge < -0.3 is 10.1 Å². The molecule has 3 atom stereocenters. The van der Waals surface area contributed by atoms with Gasteiger partial charge in [0, 0.05) is 24.6 Å². The molecular formula is C15H18N2O4. The molecule has 1 saturated carbocycles. The van der Waals surface area contributed by atoms with Crippen molar-refractivity contribution < 1.29 is 14.5 Å². The molecule has 1 aliphatic heterocycles. The van der Waals surface area contributed by atoms with E-state index in [4.69, 9.17) is 4.74 Å². The van der Waals surface area contributed by atoms with Crippen LogP contribution in [0.5, 0.6) is 0 Å². The van der Waals surface area contributed by atoms with Crippen molar-refractivity contribution in [1.82, 2.24) is 5.32 Å². The van der Waals surface area contributed by atoms with Crippen molar-refractivity contribution in [3.63, 3.8) is 0 Å². The number of aryl methyl sites for hydroxylation is 1. The number of carbonyl (C=O) groups is 1. The van der Waals surface area contributed by atoms with Crippen molar-refractivity contribution in [3.05, 3.63) is 39.4 Å². The van der Waals surface area contributed by atoms with Crippen LogP contribution in [0, 0.1) is 23.0 Å². The maximum absolute atomic E-state index is 12.4. The van der Waals surface area contributed by atoms with Crippen LogP contribution in [0.1, 0.15) is 35.2 Å². The third-order valence-corrected chi connectivity index (χ3v) is 4.49. The average molecular weight is 290 g/mol. The van der Waals surface area contributed by atoms with Crippen LogP contribution >= 0.6 is 0 Å². The third kappa shape index (κ3) is 2.51. The first-order valence-electron chi connectivity index (χ1n) is 7.24. The van der Waals surface area contributed by atoms with Gasteiger partial charge in [0.05, 0.1) is 11.0 Å². The van der Waals surface area contributed by atoms with Crippen LogP contribution < -0.4 is 5.32 Å². The van der Waals surface area contributed by atoms with Crippen LogP contribution in [-0.2, 0) is 4.74 Å². The number of benzene rings is 1. The van der Waals surface area contributed by atoms with Gasteiger partial charge >= 0.3 is 0 Å². The number of hydrogen-bond donors (Lipinski definition) is 1. The molecule has 1 saturated heterocycles. The van der Waals surface area contributed by atoms with E-state index in [1.807, 2.05) is 0 Å². The predicted octanol–water partition coefficient (Wildman–Crippen LogP) is 2.20. The first-order valence-corrected chi connectivity index (χ1v) is 7.24. The Bertz CT molecular complexity index is 587. The number of rotatable bonds is 3. The van der Waals surface area contributed by atoms with Crippen LogP contribution in [0.3, 0.4) is 0 Å². The smallest absolute Gasteiger partial charge is 0.282 e. The monoisotopic (exact) mass is 290 g/mol.